The molecule has 1 aromatic heterocycles. The van der Waals surface area contributed by atoms with Gasteiger partial charge < -0.3 is 4.74 Å². The second-order valence-corrected chi connectivity index (χ2v) is 10.0. The fourth-order valence-electron chi connectivity index (χ4n) is 3.71. The summed E-state index contributed by atoms with van der Waals surface area (Å²) in [5.41, 5.74) is 2.92. The molecule has 0 unspecified atom stereocenters. The Balaban J connectivity index is 1.53. The van der Waals surface area contributed by atoms with Gasteiger partial charge in [0.1, 0.15) is 0 Å². The summed E-state index contributed by atoms with van der Waals surface area (Å²) < 4.78 is 44.4. The quantitative estimate of drug-likeness (QED) is 0.622. The molecule has 0 bridgehead atoms. The zero-order chi connectivity index (χ0) is 22.3. The van der Waals surface area contributed by atoms with Crippen molar-refractivity contribution in [2.75, 3.05) is 23.0 Å². The number of halogens is 1. The molecular formula is C21H20FN3O4S2. The Morgan fingerprint density at radius 3 is 2.74 bits per heavy atom. The molecule has 1 atom stereocenters. The van der Waals surface area contributed by atoms with Gasteiger partial charge >= 0.3 is 0 Å². The maximum Gasteiger partial charge on any atom is 0.257 e. The number of aromatic nitrogens is 1. The highest BCUT2D eigenvalue weighted by molar-refractivity contribution is 7.92. The molecule has 2 heterocycles. The summed E-state index contributed by atoms with van der Waals surface area (Å²) in [6.45, 7) is 1.83. The average molecular weight is 462 g/mol. The first-order valence-corrected chi connectivity index (χ1v) is 12.1. The zero-order valence-corrected chi connectivity index (χ0v) is 18.7. The molecule has 0 saturated carbocycles. The Morgan fingerprint density at radius 1 is 1.29 bits per heavy atom. The lowest BCUT2D eigenvalue weighted by atomic mass is 10.1. The molecule has 1 N–H and O–H groups in total. The van der Waals surface area contributed by atoms with Gasteiger partial charge in [-0.2, -0.15) is 0 Å². The lowest BCUT2D eigenvalue weighted by Gasteiger charge is -2.21. The topological polar surface area (TPSA) is 88.6 Å². The molecule has 0 aliphatic carbocycles. The van der Waals surface area contributed by atoms with E-state index < -0.39 is 15.8 Å². The Kier molecular flexibility index (Phi) is 5.44. The van der Waals surface area contributed by atoms with Crippen molar-refractivity contribution >= 4 is 38.1 Å². The molecular weight excluding hydrogens is 441 g/mol. The first-order valence-electron chi connectivity index (χ1n) is 9.40. The van der Waals surface area contributed by atoms with Crippen LogP contribution in [0, 0.1) is 5.82 Å². The normalized spacial score (nSPS) is 15.6. The van der Waals surface area contributed by atoms with Crippen LogP contribution in [0.4, 0.5) is 15.2 Å². The van der Waals surface area contributed by atoms with Crippen LogP contribution in [-0.2, 0) is 16.4 Å². The van der Waals surface area contributed by atoms with Gasteiger partial charge in [0.05, 0.1) is 24.7 Å². The summed E-state index contributed by atoms with van der Waals surface area (Å²) in [5, 5.41) is 4.85. The first-order chi connectivity index (χ1) is 14.7. The van der Waals surface area contributed by atoms with E-state index in [-0.39, 0.29) is 17.7 Å². The number of rotatable bonds is 5. The number of hydrogen-bond acceptors (Lipinski definition) is 6. The van der Waals surface area contributed by atoms with Gasteiger partial charge in [-0.15, -0.1) is 11.3 Å². The summed E-state index contributed by atoms with van der Waals surface area (Å²) >= 11 is 1.23. The van der Waals surface area contributed by atoms with Crippen LogP contribution < -0.4 is 14.4 Å². The van der Waals surface area contributed by atoms with Crippen LogP contribution in [0.3, 0.4) is 0 Å². The summed E-state index contributed by atoms with van der Waals surface area (Å²) in [5.74, 6) is -0.697. The number of sulfonamides is 1. The van der Waals surface area contributed by atoms with E-state index in [1.807, 2.05) is 6.92 Å². The molecule has 7 nitrogen and oxygen atoms in total. The molecule has 1 aliphatic rings. The molecule has 31 heavy (non-hydrogen) atoms. The number of benzene rings is 2. The van der Waals surface area contributed by atoms with Crippen LogP contribution in [-0.4, -0.2) is 38.7 Å². The highest BCUT2D eigenvalue weighted by Crippen LogP contribution is 2.35. The third-order valence-electron chi connectivity index (χ3n) is 5.02. The highest BCUT2D eigenvalue weighted by Gasteiger charge is 2.32. The molecule has 4 rings (SSSR count). The number of carbonyl (C=O) groups excluding carboxylic acids is 1. The molecule has 0 spiro atoms. The van der Waals surface area contributed by atoms with E-state index in [1.165, 1.54) is 41.1 Å². The van der Waals surface area contributed by atoms with Crippen molar-refractivity contribution in [3.05, 3.63) is 58.7 Å². The minimum atomic E-state index is -3.39. The fraction of sp³-hybridized carbons (Fsp3) is 0.238. The fourth-order valence-corrected chi connectivity index (χ4v) is 5.69. The molecule has 3 aromatic rings. The smallest absolute Gasteiger partial charge is 0.257 e. The van der Waals surface area contributed by atoms with Crippen molar-refractivity contribution in [2.24, 2.45) is 0 Å². The monoisotopic (exact) mass is 461 g/mol. The van der Waals surface area contributed by atoms with Gasteiger partial charge in [0.2, 0.25) is 10.0 Å². The SMILES string of the molecule is COc1ccc(-c2csc(NC(=O)c3ccc4c(c3)C[C@@H](C)N4S(C)(=O)=O)n2)cc1F. The Hall–Kier alpha value is -2.98. The van der Waals surface area contributed by atoms with Crippen LogP contribution in [0.25, 0.3) is 11.3 Å². The molecule has 0 radical (unpaired) electrons. The number of amides is 1. The van der Waals surface area contributed by atoms with Gasteiger partial charge in [0.25, 0.3) is 5.91 Å². The van der Waals surface area contributed by atoms with Crippen LogP contribution in [0.5, 0.6) is 5.75 Å². The van der Waals surface area contributed by atoms with E-state index in [9.17, 15) is 17.6 Å². The minimum Gasteiger partial charge on any atom is -0.494 e. The lowest BCUT2D eigenvalue weighted by molar-refractivity contribution is 0.102. The maximum atomic E-state index is 14.0. The van der Waals surface area contributed by atoms with Gasteiger partial charge in [-0.1, -0.05) is 0 Å². The predicted molar refractivity (Wildman–Crippen MR) is 119 cm³/mol. The Bertz CT molecular complexity index is 1270. The number of anilines is 2. The van der Waals surface area contributed by atoms with Crippen LogP contribution >= 0.6 is 11.3 Å². The van der Waals surface area contributed by atoms with E-state index in [4.69, 9.17) is 4.74 Å². The van der Waals surface area contributed by atoms with E-state index in [1.54, 1.807) is 29.6 Å². The van der Waals surface area contributed by atoms with Gasteiger partial charge in [-0.3, -0.25) is 14.4 Å². The second-order valence-electron chi connectivity index (χ2n) is 7.30. The average Bonchev–Trinajstić information content (AvgIpc) is 3.30. The van der Waals surface area contributed by atoms with E-state index in [0.29, 0.717) is 34.1 Å². The van der Waals surface area contributed by atoms with E-state index in [0.717, 1.165) is 5.56 Å². The largest absolute Gasteiger partial charge is 0.494 e. The standard InChI is InChI=1S/C21H20FN3O4S2/c1-12-8-15-9-14(4-6-18(15)25(12)31(3,27)28)20(26)24-21-23-17(11-30-21)13-5-7-19(29-2)16(22)10-13/h4-7,9-12H,8H2,1-3H3,(H,23,24,26)/t12-/m1/s1. The van der Waals surface area contributed by atoms with Crippen molar-refractivity contribution in [3.8, 4) is 17.0 Å². The maximum absolute atomic E-state index is 14.0. The van der Waals surface area contributed by atoms with E-state index in [2.05, 4.69) is 10.3 Å². The van der Waals surface area contributed by atoms with Gasteiger partial charge in [-0.25, -0.2) is 17.8 Å². The summed E-state index contributed by atoms with van der Waals surface area (Å²) in [4.78, 5) is 17.1. The number of nitrogens with one attached hydrogen (secondary N) is 1. The summed E-state index contributed by atoms with van der Waals surface area (Å²) in [6.07, 6.45) is 1.71. The van der Waals surface area contributed by atoms with Crippen molar-refractivity contribution in [2.45, 2.75) is 19.4 Å². The van der Waals surface area contributed by atoms with Crippen molar-refractivity contribution in [1.82, 2.24) is 4.98 Å². The highest BCUT2D eigenvalue weighted by atomic mass is 32.2. The van der Waals surface area contributed by atoms with Gasteiger partial charge in [0.15, 0.2) is 16.7 Å². The predicted octanol–water partition coefficient (Wildman–Crippen LogP) is 3.92. The van der Waals surface area contributed by atoms with Crippen LogP contribution in [0.2, 0.25) is 0 Å². The molecule has 2 aromatic carbocycles. The van der Waals surface area contributed by atoms with E-state index >= 15 is 0 Å². The minimum absolute atomic E-state index is 0.146. The third kappa shape index (κ3) is 4.13. The molecule has 10 heteroatoms. The van der Waals surface area contributed by atoms with Crippen LogP contribution in [0.15, 0.2) is 41.8 Å². The number of hydrogen-bond donors (Lipinski definition) is 1. The molecule has 0 fully saturated rings. The molecule has 162 valence electrons. The number of nitrogens with zero attached hydrogens (tertiary/aromatic N) is 2. The van der Waals surface area contributed by atoms with Crippen molar-refractivity contribution in [3.63, 3.8) is 0 Å². The summed E-state index contributed by atoms with van der Waals surface area (Å²) in [6, 6.07) is 9.30. The second kappa shape index (κ2) is 7.93. The number of fused-ring (bicyclic) bond motifs is 1. The Labute approximate surface area is 183 Å². The van der Waals surface area contributed by atoms with Crippen LogP contribution in [0.1, 0.15) is 22.8 Å². The molecule has 1 amide bonds. The molecule has 0 saturated heterocycles. The molecule has 1 aliphatic heterocycles. The lowest BCUT2D eigenvalue weighted by Crippen LogP contribution is -2.34. The zero-order valence-electron chi connectivity index (χ0n) is 17.0. The Morgan fingerprint density at radius 2 is 2.06 bits per heavy atom. The first kappa shape index (κ1) is 21.3. The number of thiazole rings is 1. The van der Waals surface area contributed by atoms with Crippen molar-refractivity contribution < 1.29 is 22.3 Å². The third-order valence-corrected chi connectivity index (χ3v) is 7.05. The number of ether oxygens (including phenoxy) is 1. The van der Waals surface area contributed by atoms with Gasteiger partial charge in [0, 0.05) is 22.5 Å². The number of carbonyl (C=O) groups is 1. The van der Waals surface area contributed by atoms with Crippen molar-refractivity contribution in [1.29, 1.82) is 0 Å². The van der Waals surface area contributed by atoms with Gasteiger partial charge in [-0.05, 0) is 55.3 Å². The number of methoxy groups -OCH3 is 1. The summed E-state index contributed by atoms with van der Waals surface area (Å²) in [7, 11) is -1.99.